The second-order valence-electron chi connectivity index (χ2n) is 4.17. The van der Waals surface area contributed by atoms with Crippen molar-refractivity contribution in [2.75, 3.05) is 21.3 Å². The van der Waals surface area contributed by atoms with E-state index in [0.29, 0.717) is 22.3 Å². The Hall–Kier alpha value is -2.54. The molecule has 6 nitrogen and oxygen atoms in total. The Morgan fingerprint density at radius 1 is 1.14 bits per heavy atom. The molecule has 0 saturated carbocycles. The van der Waals surface area contributed by atoms with Crippen molar-refractivity contribution < 1.29 is 24.1 Å². The van der Waals surface area contributed by atoms with E-state index in [1.165, 1.54) is 16.7 Å². The van der Waals surface area contributed by atoms with Gasteiger partial charge in [0.25, 0.3) is 0 Å². The van der Waals surface area contributed by atoms with Crippen LogP contribution in [0.15, 0.2) is 17.5 Å². The third-order valence-corrected chi connectivity index (χ3v) is 3.66. The smallest absolute Gasteiger partial charge is 0.355 e. The molecule has 2 aromatic rings. The topological polar surface area (TPSA) is 77.9 Å². The van der Waals surface area contributed by atoms with Crippen molar-refractivity contribution in [2.24, 2.45) is 0 Å². The van der Waals surface area contributed by atoms with Crippen LogP contribution in [0.25, 0.3) is 12.2 Å². The van der Waals surface area contributed by atoms with Crippen molar-refractivity contribution in [1.29, 1.82) is 0 Å². The van der Waals surface area contributed by atoms with E-state index < -0.39 is 5.97 Å². The molecule has 0 aliphatic carbocycles. The molecule has 0 bridgehead atoms. The van der Waals surface area contributed by atoms with E-state index in [0.717, 1.165) is 5.56 Å². The molecule has 0 aliphatic heterocycles. The first-order chi connectivity index (χ1) is 10.6. The Morgan fingerprint density at radius 2 is 1.77 bits per heavy atom. The van der Waals surface area contributed by atoms with E-state index in [-0.39, 0.29) is 5.69 Å². The van der Waals surface area contributed by atoms with E-state index in [1.807, 2.05) is 0 Å². The second-order valence-corrected chi connectivity index (χ2v) is 5.06. The Balaban J connectivity index is 2.31. The third kappa shape index (κ3) is 3.37. The molecule has 1 N–H and O–H groups in total. The summed E-state index contributed by atoms with van der Waals surface area (Å²) in [5, 5.41) is 11.0. The standard InChI is InChI=1S/C15H15NO5S/c1-19-11-6-9(7-12(20-2)14(11)21-3)4-5-13-16-10(8-22-13)15(17)18/h4-8H,1-3H3,(H,17,18)/b5-4+. The lowest BCUT2D eigenvalue weighted by molar-refractivity contribution is 0.0691. The van der Waals surface area contributed by atoms with Crippen LogP contribution in [0.3, 0.4) is 0 Å². The Bertz CT molecular complexity index is 683. The van der Waals surface area contributed by atoms with Gasteiger partial charge < -0.3 is 19.3 Å². The number of carbonyl (C=O) groups is 1. The van der Waals surface area contributed by atoms with Gasteiger partial charge in [0.1, 0.15) is 5.01 Å². The first-order valence-electron chi connectivity index (χ1n) is 6.26. The van der Waals surface area contributed by atoms with Crippen LogP contribution in [-0.4, -0.2) is 37.4 Å². The van der Waals surface area contributed by atoms with Crippen molar-refractivity contribution in [2.45, 2.75) is 0 Å². The monoisotopic (exact) mass is 321 g/mol. The summed E-state index contributed by atoms with van der Waals surface area (Å²) in [4.78, 5) is 14.8. The van der Waals surface area contributed by atoms with Gasteiger partial charge in [-0.2, -0.15) is 0 Å². The number of hydrogen-bond donors (Lipinski definition) is 1. The largest absolute Gasteiger partial charge is 0.493 e. The quantitative estimate of drug-likeness (QED) is 0.881. The Kier molecular flexibility index (Phi) is 5.00. The van der Waals surface area contributed by atoms with Crippen LogP contribution >= 0.6 is 11.3 Å². The van der Waals surface area contributed by atoms with Crippen molar-refractivity contribution in [3.63, 3.8) is 0 Å². The number of carboxylic acids is 1. The zero-order chi connectivity index (χ0) is 16.1. The van der Waals surface area contributed by atoms with Gasteiger partial charge in [0.2, 0.25) is 5.75 Å². The minimum absolute atomic E-state index is 0.0366. The van der Waals surface area contributed by atoms with Crippen LogP contribution in [-0.2, 0) is 0 Å². The number of benzene rings is 1. The van der Waals surface area contributed by atoms with Gasteiger partial charge in [-0.05, 0) is 23.8 Å². The van der Waals surface area contributed by atoms with Crippen LogP contribution in [0.2, 0.25) is 0 Å². The van der Waals surface area contributed by atoms with Gasteiger partial charge in [-0.1, -0.05) is 6.08 Å². The predicted octanol–water partition coefficient (Wildman–Crippen LogP) is 3.04. The molecule has 0 fully saturated rings. The average molecular weight is 321 g/mol. The number of nitrogens with zero attached hydrogens (tertiary/aromatic N) is 1. The summed E-state index contributed by atoms with van der Waals surface area (Å²) in [6.45, 7) is 0. The van der Waals surface area contributed by atoms with Crippen molar-refractivity contribution in [3.8, 4) is 17.2 Å². The van der Waals surface area contributed by atoms with Crippen molar-refractivity contribution in [1.82, 2.24) is 4.98 Å². The lowest BCUT2D eigenvalue weighted by Crippen LogP contribution is -1.95. The van der Waals surface area contributed by atoms with E-state index >= 15 is 0 Å². The van der Waals surface area contributed by atoms with E-state index in [4.69, 9.17) is 19.3 Å². The van der Waals surface area contributed by atoms with Crippen LogP contribution in [0.1, 0.15) is 21.1 Å². The van der Waals surface area contributed by atoms with E-state index in [1.54, 1.807) is 45.6 Å². The summed E-state index contributed by atoms with van der Waals surface area (Å²) >= 11 is 1.26. The van der Waals surface area contributed by atoms with Gasteiger partial charge in [0.15, 0.2) is 17.2 Å². The molecule has 1 heterocycles. The zero-order valence-corrected chi connectivity index (χ0v) is 13.1. The van der Waals surface area contributed by atoms with Crippen molar-refractivity contribution in [3.05, 3.63) is 33.8 Å². The predicted molar refractivity (Wildman–Crippen MR) is 84.1 cm³/mol. The molecule has 1 aromatic carbocycles. The van der Waals surface area contributed by atoms with Crippen LogP contribution in [0.4, 0.5) is 0 Å². The maximum Gasteiger partial charge on any atom is 0.355 e. The molecule has 116 valence electrons. The molecule has 0 aliphatic rings. The SMILES string of the molecule is COc1cc(/C=C/c2nc(C(=O)O)cs2)cc(OC)c1OC. The van der Waals surface area contributed by atoms with Gasteiger partial charge in [0, 0.05) is 5.38 Å². The van der Waals surface area contributed by atoms with E-state index in [9.17, 15) is 4.79 Å². The number of thiazole rings is 1. The lowest BCUT2D eigenvalue weighted by Gasteiger charge is -2.12. The normalized spacial score (nSPS) is 10.7. The highest BCUT2D eigenvalue weighted by Gasteiger charge is 2.12. The Labute approximate surface area is 131 Å². The summed E-state index contributed by atoms with van der Waals surface area (Å²) in [5.41, 5.74) is 0.858. The first kappa shape index (κ1) is 15.8. The number of ether oxygens (including phenoxy) is 3. The molecule has 0 unspecified atom stereocenters. The number of carboxylic acid groups (broad SMARTS) is 1. The van der Waals surface area contributed by atoms with Crippen molar-refractivity contribution >= 4 is 29.5 Å². The molecule has 0 atom stereocenters. The van der Waals surface area contributed by atoms with E-state index in [2.05, 4.69) is 4.98 Å². The van der Waals surface area contributed by atoms with Gasteiger partial charge in [0.05, 0.1) is 21.3 Å². The highest BCUT2D eigenvalue weighted by molar-refractivity contribution is 7.10. The number of rotatable bonds is 6. The average Bonchev–Trinajstić information content (AvgIpc) is 3.00. The summed E-state index contributed by atoms with van der Waals surface area (Å²) in [7, 11) is 4.63. The minimum Gasteiger partial charge on any atom is -0.493 e. The molecular weight excluding hydrogens is 306 g/mol. The fraction of sp³-hybridized carbons (Fsp3) is 0.200. The van der Waals surface area contributed by atoms with Gasteiger partial charge in [-0.25, -0.2) is 9.78 Å². The molecule has 22 heavy (non-hydrogen) atoms. The maximum atomic E-state index is 10.8. The summed E-state index contributed by atoms with van der Waals surface area (Å²) in [6, 6.07) is 3.59. The number of methoxy groups -OCH3 is 3. The fourth-order valence-corrected chi connectivity index (χ4v) is 2.51. The Morgan fingerprint density at radius 3 is 2.23 bits per heavy atom. The molecule has 1 aromatic heterocycles. The van der Waals surface area contributed by atoms with Crippen LogP contribution in [0.5, 0.6) is 17.2 Å². The highest BCUT2D eigenvalue weighted by Crippen LogP contribution is 2.38. The molecule has 0 spiro atoms. The number of aromatic carboxylic acids is 1. The van der Waals surface area contributed by atoms with Gasteiger partial charge >= 0.3 is 5.97 Å². The summed E-state index contributed by atoms with van der Waals surface area (Å²) < 4.78 is 15.8. The van der Waals surface area contributed by atoms with Crippen LogP contribution in [0, 0.1) is 0 Å². The first-order valence-corrected chi connectivity index (χ1v) is 7.14. The second kappa shape index (κ2) is 6.95. The molecule has 2 rings (SSSR count). The molecular formula is C15H15NO5S. The highest BCUT2D eigenvalue weighted by atomic mass is 32.1. The van der Waals surface area contributed by atoms with Gasteiger partial charge in [-0.15, -0.1) is 11.3 Å². The maximum absolute atomic E-state index is 10.8. The summed E-state index contributed by atoms with van der Waals surface area (Å²) in [6.07, 6.45) is 3.53. The molecule has 0 radical (unpaired) electrons. The number of aromatic nitrogens is 1. The molecule has 0 saturated heterocycles. The zero-order valence-electron chi connectivity index (χ0n) is 12.3. The van der Waals surface area contributed by atoms with Crippen LogP contribution < -0.4 is 14.2 Å². The third-order valence-electron chi connectivity index (χ3n) is 2.85. The molecule has 7 heteroatoms. The number of hydrogen-bond acceptors (Lipinski definition) is 6. The van der Waals surface area contributed by atoms with Gasteiger partial charge in [-0.3, -0.25) is 0 Å². The summed E-state index contributed by atoms with van der Waals surface area (Å²) in [5.74, 6) is 0.576. The fourth-order valence-electron chi connectivity index (χ4n) is 1.83. The lowest BCUT2D eigenvalue weighted by atomic mass is 10.1. The molecule has 0 amide bonds. The minimum atomic E-state index is -1.04.